The topological polar surface area (TPSA) is 67.3 Å². The second-order valence-electron chi connectivity index (χ2n) is 4.08. The minimum absolute atomic E-state index is 0.437. The predicted molar refractivity (Wildman–Crippen MR) is 62.4 cm³/mol. The number of nitrogens with zero attached hydrogens (tertiary/aromatic N) is 2. The van der Waals surface area contributed by atoms with Gasteiger partial charge < -0.3 is 15.2 Å². The average Bonchev–Trinajstić information content (AvgIpc) is 2.24. The van der Waals surface area contributed by atoms with Crippen molar-refractivity contribution in [2.75, 3.05) is 25.6 Å². The second kappa shape index (κ2) is 5.77. The number of aryl methyl sites for hydroxylation is 1. The largest absolute Gasteiger partial charge is 0.388 e. The maximum atomic E-state index is 9.99. The molecule has 2 N–H and O–H groups in total. The molecule has 90 valence electrons. The summed E-state index contributed by atoms with van der Waals surface area (Å²) in [4.78, 5) is 8.19. The van der Waals surface area contributed by atoms with Gasteiger partial charge in [0, 0.05) is 32.9 Å². The van der Waals surface area contributed by atoms with Crippen molar-refractivity contribution in [1.29, 1.82) is 0 Å². The summed E-state index contributed by atoms with van der Waals surface area (Å²) in [5.41, 5.74) is -0.797. The van der Waals surface area contributed by atoms with Crippen LogP contribution in [0.3, 0.4) is 0 Å². The number of hydrogen-bond donors (Lipinski definition) is 2. The fourth-order valence-corrected chi connectivity index (χ4v) is 1.25. The molecule has 1 heterocycles. The summed E-state index contributed by atoms with van der Waals surface area (Å²) in [6, 6.07) is 1.78. The molecule has 16 heavy (non-hydrogen) atoms. The molecule has 1 aromatic rings. The molecule has 1 aromatic heterocycles. The van der Waals surface area contributed by atoms with Crippen molar-refractivity contribution >= 4 is 5.82 Å². The number of rotatable bonds is 6. The van der Waals surface area contributed by atoms with Crippen LogP contribution in [-0.4, -0.2) is 40.9 Å². The lowest BCUT2D eigenvalue weighted by Gasteiger charge is -2.23. The SMILES string of the molecule is COCCC(C)(O)CNc1ccnc(C)n1. The molecular formula is C11H19N3O2. The molecule has 5 nitrogen and oxygen atoms in total. The lowest BCUT2D eigenvalue weighted by atomic mass is 10.0. The third-order valence-electron chi connectivity index (χ3n) is 2.27. The molecule has 1 rings (SSSR count). The van der Waals surface area contributed by atoms with E-state index < -0.39 is 5.60 Å². The first kappa shape index (κ1) is 12.9. The van der Waals surface area contributed by atoms with E-state index in [4.69, 9.17) is 4.74 Å². The van der Waals surface area contributed by atoms with Gasteiger partial charge in [-0.05, 0) is 19.9 Å². The van der Waals surface area contributed by atoms with Gasteiger partial charge in [0.1, 0.15) is 11.6 Å². The first-order valence-corrected chi connectivity index (χ1v) is 5.28. The molecule has 0 radical (unpaired) electrons. The van der Waals surface area contributed by atoms with E-state index in [1.54, 1.807) is 26.3 Å². The smallest absolute Gasteiger partial charge is 0.129 e. The van der Waals surface area contributed by atoms with Gasteiger partial charge in [-0.2, -0.15) is 0 Å². The van der Waals surface area contributed by atoms with Gasteiger partial charge in [-0.3, -0.25) is 0 Å². The summed E-state index contributed by atoms with van der Waals surface area (Å²) >= 11 is 0. The minimum Gasteiger partial charge on any atom is -0.388 e. The van der Waals surface area contributed by atoms with Gasteiger partial charge in [-0.25, -0.2) is 9.97 Å². The van der Waals surface area contributed by atoms with E-state index in [0.717, 1.165) is 5.82 Å². The lowest BCUT2D eigenvalue weighted by Crippen LogP contribution is -2.34. The van der Waals surface area contributed by atoms with E-state index in [2.05, 4.69) is 15.3 Å². The first-order chi connectivity index (χ1) is 7.53. The Hall–Kier alpha value is -1.20. The predicted octanol–water partition coefficient (Wildman–Crippen LogP) is 0.984. The highest BCUT2D eigenvalue weighted by Crippen LogP contribution is 2.11. The lowest BCUT2D eigenvalue weighted by molar-refractivity contribution is 0.0357. The van der Waals surface area contributed by atoms with Crippen LogP contribution in [0, 0.1) is 6.92 Å². The van der Waals surface area contributed by atoms with E-state index in [9.17, 15) is 5.11 Å². The van der Waals surface area contributed by atoms with Crippen molar-refractivity contribution in [2.45, 2.75) is 25.9 Å². The summed E-state index contributed by atoms with van der Waals surface area (Å²) in [5, 5.41) is 13.1. The molecular weight excluding hydrogens is 206 g/mol. The van der Waals surface area contributed by atoms with Crippen LogP contribution in [0.5, 0.6) is 0 Å². The summed E-state index contributed by atoms with van der Waals surface area (Å²) in [6.07, 6.45) is 2.27. The quantitative estimate of drug-likeness (QED) is 0.755. The molecule has 0 spiro atoms. The van der Waals surface area contributed by atoms with Gasteiger partial charge in [-0.15, -0.1) is 0 Å². The number of methoxy groups -OCH3 is 1. The molecule has 0 aliphatic heterocycles. The summed E-state index contributed by atoms with van der Waals surface area (Å²) in [5.74, 6) is 1.44. The first-order valence-electron chi connectivity index (χ1n) is 5.28. The fourth-order valence-electron chi connectivity index (χ4n) is 1.25. The van der Waals surface area contributed by atoms with E-state index in [-0.39, 0.29) is 0 Å². The zero-order chi connectivity index (χ0) is 12.0. The number of anilines is 1. The average molecular weight is 225 g/mol. The third kappa shape index (κ3) is 4.55. The molecule has 1 atom stereocenters. The zero-order valence-corrected chi connectivity index (χ0v) is 10.0. The highest BCUT2D eigenvalue weighted by atomic mass is 16.5. The van der Waals surface area contributed by atoms with Gasteiger partial charge >= 0.3 is 0 Å². The fraction of sp³-hybridized carbons (Fsp3) is 0.636. The molecule has 0 aliphatic rings. The molecule has 5 heteroatoms. The van der Waals surface area contributed by atoms with Gasteiger partial charge in [0.25, 0.3) is 0 Å². The number of nitrogens with one attached hydrogen (secondary N) is 1. The number of ether oxygens (including phenoxy) is 1. The highest BCUT2D eigenvalue weighted by Gasteiger charge is 2.19. The molecule has 0 amide bonds. The van der Waals surface area contributed by atoms with E-state index in [1.807, 2.05) is 6.92 Å². The Labute approximate surface area is 95.9 Å². The molecule has 1 unspecified atom stereocenters. The highest BCUT2D eigenvalue weighted by molar-refractivity contribution is 5.33. The van der Waals surface area contributed by atoms with Crippen molar-refractivity contribution in [3.63, 3.8) is 0 Å². The Morgan fingerprint density at radius 2 is 2.31 bits per heavy atom. The third-order valence-corrected chi connectivity index (χ3v) is 2.27. The Kier molecular flexibility index (Phi) is 4.64. The van der Waals surface area contributed by atoms with Crippen molar-refractivity contribution in [2.24, 2.45) is 0 Å². The molecule has 0 aromatic carbocycles. The van der Waals surface area contributed by atoms with Crippen molar-refractivity contribution in [3.8, 4) is 0 Å². The Morgan fingerprint density at radius 3 is 2.94 bits per heavy atom. The molecule has 0 aliphatic carbocycles. The van der Waals surface area contributed by atoms with Crippen LogP contribution in [0.2, 0.25) is 0 Å². The van der Waals surface area contributed by atoms with Crippen molar-refractivity contribution in [3.05, 3.63) is 18.1 Å². The maximum absolute atomic E-state index is 9.99. The summed E-state index contributed by atoms with van der Waals surface area (Å²) in [7, 11) is 1.62. The standard InChI is InChI=1S/C11H19N3O2/c1-9-12-6-4-10(14-9)13-8-11(2,15)5-7-16-3/h4,6,15H,5,7-8H2,1-3H3,(H,12,13,14). The second-order valence-corrected chi connectivity index (χ2v) is 4.08. The maximum Gasteiger partial charge on any atom is 0.129 e. The van der Waals surface area contributed by atoms with Gasteiger partial charge in [0.15, 0.2) is 0 Å². The van der Waals surface area contributed by atoms with E-state index >= 15 is 0 Å². The van der Waals surface area contributed by atoms with Crippen LogP contribution < -0.4 is 5.32 Å². The normalized spacial score (nSPS) is 14.5. The van der Waals surface area contributed by atoms with Crippen LogP contribution in [-0.2, 0) is 4.74 Å². The van der Waals surface area contributed by atoms with Crippen LogP contribution in [0.4, 0.5) is 5.82 Å². The van der Waals surface area contributed by atoms with E-state index in [0.29, 0.717) is 25.4 Å². The van der Waals surface area contributed by atoms with Gasteiger partial charge in [0.05, 0.1) is 5.60 Å². The van der Waals surface area contributed by atoms with Crippen molar-refractivity contribution < 1.29 is 9.84 Å². The molecule has 0 fully saturated rings. The Morgan fingerprint density at radius 1 is 1.56 bits per heavy atom. The Bertz CT molecular complexity index is 329. The molecule has 0 bridgehead atoms. The van der Waals surface area contributed by atoms with Crippen LogP contribution in [0.15, 0.2) is 12.3 Å². The van der Waals surface area contributed by atoms with Crippen LogP contribution >= 0.6 is 0 Å². The monoisotopic (exact) mass is 225 g/mol. The number of hydrogen-bond acceptors (Lipinski definition) is 5. The summed E-state index contributed by atoms with van der Waals surface area (Å²) in [6.45, 7) is 4.58. The number of aromatic nitrogens is 2. The van der Waals surface area contributed by atoms with Crippen LogP contribution in [0.1, 0.15) is 19.2 Å². The molecule has 0 saturated carbocycles. The van der Waals surface area contributed by atoms with Crippen LogP contribution in [0.25, 0.3) is 0 Å². The van der Waals surface area contributed by atoms with E-state index in [1.165, 1.54) is 0 Å². The van der Waals surface area contributed by atoms with Crippen molar-refractivity contribution in [1.82, 2.24) is 9.97 Å². The minimum atomic E-state index is -0.797. The Balaban J connectivity index is 2.44. The summed E-state index contributed by atoms with van der Waals surface area (Å²) < 4.78 is 4.94. The van der Waals surface area contributed by atoms with Gasteiger partial charge in [0.2, 0.25) is 0 Å². The number of aliphatic hydroxyl groups is 1. The molecule has 0 saturated heterocycles. The van der Waals surface area contributed by atoms with Gasteiger partial charge in [-0.1, -0.05) is 0 Å². The zero-order valence-electron chi connectivity index (χ0n) is 10.0.